The quantitative estimate of drug-likeness (QED) is 0.420. The number of hydrogen-bond donors (Lipinski definition) is 1. The van der Waals surface area contributed by atoms with Gasteiger partial charge in [0, 0.05) is 17.1 Å². The average Bonchev–Trinajstić information content (AvgIpc) is 2.93. The third-order valence-corrected chi connectivity index (χ3v) is 8.28. The van der Waals surface area contributed by atoms with Gasteiger partial charge in [0.2, 0.25) is 0 Å². The van der Waals surface area contributed by atoms with E-state index in [9.17, 15) is 13.8 Å². The molecule has 1 N–H and O–H groups in total. The summed E-state index contributed by atoms with van der Waals surface area (Å²) in [5, 5.41) is 0.543. The van der Waals surface area contributed by atoms with E-state index in [2.05, 4.69) is 16.5 Å². The van der Waals surface area contributed by atoms with E-state index in [-0.39, 0.29) is 17.8 Å². The Morgan fingerprint density at radius 3 is 2.57 bits per heavy atom. The van der Waals surface area contributed by atoms with Crippen molar-refractivity contribution in [3.63, 3.8) is 0 Å². The number of halogens is 1. The van der Waals surface area contributed by atoms with Crippen LogP contribution in [0.1, 0.15) is 44.2 Å². The van der Waals surface area contributed by atoms with Crippen molar-refractivity contribution >= 4 is 34.3 Å². The first kappa shape index (κ1) is 27.5. The highest BCUT2D eigenvalue weighted by atomic mass is 35.5. The van der Waals surface area contributed by atoms with Gasteiger partial charge in [0.25, 0.3) is 0 Å². The molecular weight excluding hydrogens is 508 g/mol. The number of esters is 1. The topological polar surface area (TPSA) is 75.7 Å². The van der Waals surface area contributed by atoms with Gasteiger partial charge in [-0.3, -0.25) is 9.69 Å². The maximum Gasteiger partial charge on any atom is 0.329 e. The molecule has 0 bridgehead atoms. The van der Waals surface area contributed by atoms with Crippen LogP contribution in [0.5, 0.6) is 0 Å². The molecule has 4 rings (SSSR count). The van der Waals surface area contributed by atoms with Gasteiger partial charge in [-0.2, -0.15) is 0 Å². The van der Waals surface area contributed by atoms with Crippen molar-refractivity contribution in [3.05, 3.63) is 89.0 Å². The number of Topliss-reactive ketones (excluding diaryl/α,β-unsaturated/α-hetero) is 1. The Morgan fingerprint density at radius 1 is 1.14 bits per heavy atom. The van der Waals surface area contributed by atoms with E-state index in [1.165, 1.54) is 0 Å². The first-order valence-corrected chi connectivity index (χ1v) is 14.3. The molecule has 1 heterocycles. The van der Waals surface area contributed by atoms with Crippen molar-refractivity contribution in [1.29, 1.82) is 0 Å². The average molecular weight is 541 g/mol. The van der Waals surface area contributed by atoms with Crippen LogP contribution in [0.4, 0.5) is 0 Å². The second-order valence-electron chi connectivity index (χ2n) is 9.41. The fourth-order valence-corrected chi connectivity index (χ4v) is 5.83. The van der Waals surface area contributed by atoms with E-state index < -0.39 is 23.0 Å². The van der Waals surface area contributed by atoms with E-state index in [0.29, 0.717) is 28.6 Å². The maximum absolute atomic E-state index is 13.5. The van der Waals surface area contributed by atoms with E-state index in [4.69, 9.17) is 16.3 Å². The molecule has 196 valence electrons. The summed E-state index contributed by atoms with van der Waals surface area (Å²) in [5.41, 5.74) is 1.43. The van der Waals surface area contributed by atoms with Crippen LogP contribution in [0.25, 0.3) is 0 Å². The van der Waals surface area contributed by atoms with Crippen molar-refractivity contribution in [2.45, 2.75) is 49.6 Å². The van der Waals surface area contributed by atoms with Crippen molar-refractivity contribution in [1.82, 2.24) is 9.62 Å². The number of allylic oxidation sites excluding steroid dienone is 3. The predicted octanol–water partition coefficient (Wildman–Crippen LogP) is 5.18. The van der Waals surface area contributed by atoms with Crippen LogP contribution < -0.4 is 4.72 Å². The van der Waals surface area contributed by atoms with Gasteiger partial charge in [0.1, 0.15) is 23.1 Å². The van der Waals surface area contributed by atoms with E-state index in [1.807, 2.05) is 48.6 Å². The van der Waals surface area contributed by atoms with Gasteiger partial charge in [-0.1, -0.05) is 67.1 Å². The fraction of sp³-hybridized carbons (Fsp3) is 0.379. The molecule has 2 aromatic rings. The lowest BCUT2D eigenvalue weighted by Crippen LogP contribution is -2.48. The van der Waals surface area contributed by atoms with Crippen LogP contribution in [0, 0.1) is 5.92 Å². The number of rotatable bonds is 10. The number of ether oxygens (including phenoxy) is 1. The van der Waals surface area contributed by atoms with Crippen molar-refractivity contribution < 1.29 is 18.5 Å². The zero-order valence-electron chi connectivity index (χ0n) is 21.0. The maximum atomic E-state index is 13.5. The highest BCUT2D eigenvalue weighted by molar-refractivity contribution is 7.83. The van der Waals surface area contributed by atoms with Gasteiger partial charge in [-0.15, -0.1) is 0 Å². The van der Waals surface area contributed by atoms with E-state index in [1.54, 1.807) is 24.3 Å². The van der Waals surface area contributed by atoms with Crippen LogP contribution in [0.3, 0.4) is 0 Å². The highest BCUT2D eigenvalue weighted by Gasteiger charge is 2.35. The molecule has 0 spiro atoms. The lowest BCUT2D eigenvalue weighted by Gasteiger charge is -2.38. The molecule has 4 atom stereocenters. The molecule has 1 fully saturated rings. The summed E-state index contributed by atoms with van der Waals surface area (Å²) in [6.07, 6.45) is 9.15. The van der Waals surface area contributed by atoms with Gasteiger partial charge in [0.05, 0.1) is 11.4 Å². The number of carbonyl (C=O) groups excluding carboxylic acids is 2. The third-order valence-electron chi connectivity index (χ3n) is 6.88. The Balaban J connectivity index is 1.46. The Kier molecular flexibility index (Phi) is 9.86. The van der Waals surface area contributed by atoms with E-state index in [0.717, 1.165) is 37.8 Å². The summed E-state index contributed by atoms with van der Waals surface area (Å²) in [6.45, 7) is 3.68. The Morgan fingerprint density at radius 2 is 1.89 bits per heavy atom. The molecule has 1 aliphatic heterocycles. The van der Waals surface area contributed by atoms with Crippen LogP contribution in [-0.2, 0) is 25.3 Å². The fourth-order valence-electron chi connectivity index (χ4n) is 4.74. The number of piperidine rings is 1. The van der Waals surface area contributed by atoms with E-state index >= 15 is 0 Å². The molecular formula is C29H33ClN2O4S. The lowest BCUT2D eigenvalue weighted by molar-refractivity contribution is -0.157. The Hall–Kier alpha value is -2.58. The number of carbonyl (C=O) groups is 2. The normalized spacial score (nSPS) is 21.6. The first-order valence-electron chi connectivity index (χ1n) is 12.8. The van der Waals surface area contributed by atoms with Crippen molar-refractivity contribution in [3.8, 4) is 0 Å². The predicted molar refractivity (Wildman–Crippen MR) is 146 cm³/mol. The molecule has 2 aromatic carbocycles. The van der Waals surface area contributed by atoms with Gasteiger partial charge in [0.15, 0.2) is 5.78 Å². The molecule has 0 radical (unpaired) electrons. The second kappa shape index (κ2) is 13.3. The Bertz CT molecular complexity index is 1170. The molecule has 6 nitrogen and oxygen atoms in total. The van der Waals surface area contributed by atoms with Crippen LogP contribution in [0.15, 0.2) is 83.3 Å². The molecule has 2 aliphatic rings. The molecule has 0 saturated carbocycles. The van der Waals surface area contributed by atoms with Crippen LogP contribution in [-0.4, -0.2) is 46.6 Å². The summed E-state index contributed by atoms with van der Waals surface area (Å²) >= 11 is 5.97. The monoisotopic (exact) mass is 540 g/mol. The van der Waals surface area contributed by atoms with Crippen LogP contribution in [0.2, 0.25) is 5.02 Å². The molecule has 1 saturated heterocycles. The molecule has 1 aliphatic carbocycles. The smallest absolute Gasteiger partial charge is 0.329 e. The highest BCUT2D eigenvalue weighted by Crippen LogP contribution is 2.27. The number of ketones is 1. The number of nitrogens with one attached hydrogen (secondary N) is 1. The molecule has 8 heteroatoms. The summed E-state index contributed by atoms with van der Waals surface area (Å²) in [6, 6.07) is 14.9. The lowest BCUT2D eigenvalue weighted by atomic mass is 9.90. The summed E-state index contributed by atoms with van der Waals surface area (Å²) in [4.78, 5) is 28.9. The summed E-state index contributed by atoms with van der Waals surface area (Å²) < 4.78 is 22.1. The number of nitrogens with zero attached hydrogens (tertiary/aromatic N) is 1. The Labute approximate surface area is 226 Å². The largest absolute Gasteiger partial charge is 0.459 e. The SMILES string of the molecule is CCC1CCN(CC(=O)C2=CCCC=C2)C[C@@H]1OC(=O)C(NS(=O)c1ccc(Cl)cc1)c1ccccc1. The first-order chi connectivity index (χ1) is 17.9. The summed E-state index contributed by atoms with van der Waals surface area (Å²) in [5.74, 6) is -0.191. The van der Waals surface area contributed by atoms with Crippen LogP contribution >= 0.6 is 11.6 Å². The molecule has 3 unspecified atom stereocenters. The zero-order chi connectivity index (χ0) is 26.2. The minimum Gasteiger partial charge on any atom is -0.459 e. The summed E-state index contributed by atoms with van der Waals surface area (Å²) in [7, 11) is -1.65. The minimum absolute atomic E-state index is 0.0955. The molecule has 0 aromatic heterocycles. The van der Waals surface area contributed by atoms with Crippen molar-refractivity contribution in [2.24, 2.45) is 5.92 Å². The standard InChI is InChI=1S/C29H33ClN2O4S/c1-2-21-17-18-32(19-26(33)22-9-5-3-6-10-22)20-27(21)36-29(34)28(23-11-7-4-8-12-23)31-37(35)25-15-13-24(30)14-16-25/h4-5,7-16,21,27-28,31H,2-3,6,17-20H2,1H3/t21?,27-,28?,37?/m0/s1. The minimum atomic E-state index is -1.65. The third kappa shape index (κ3) is 7.48. The number of benzene rings is 2. The van der Waals surface area contributed by atoms with Crippen molar-refractivity contribution in [2.75, 3.05) is 19.6 Å². The second-order valence-corrected chi connectivity index (χ2v) is 11.1. The number of likely N-dealkylation sites (tertiary alicyclic amines) is 1. The molecule has 0 amide bonds. The van der Waals surface area contributed by atoms with Gasteiger partial charge >= 0.3 is 5.97 Å². The van der Waals surface area contributed by atoms with Gasteiger partial charge in [-0.05, 0) is 68.0 Å². The zero-order valence-corrected chi connectivity index (χ0v) is 22.5. The van der Waals surface area contributed by atoms with Gasteiger partial charge in [-0.25, -0.2) is 13.7 Å². The molecule has 37 heavy (non-hydrogen) atoms. The van der Waals surface area contributed by atoms with Gasteiger partial charge < -0.3 is 4.74 Å². The number of hydrogen-bond acceptors (Lipinski definition) is 5.